The number of benzene rings is 3. The highest BCUT2D eigenvalue weighted by Gasteiger charge is 2.11. The van der Waals surface area contributed by atoms with Gasteiger partial charge in [-0.1, -0.05) is 48.5 Å². The molecule has 1 heterocycles. The van der Waals surface area contributed by atoms with Gasteiger partial charge >= 0.3 is 0 Å². The molecule has 0 radical (unpaired) electrons. The smallest absolute Gasteiger partial charge is 0.251 e. The monoisotopic (exact) mass is 428 g/mol. The molecule has 1 amide bonds. The molecule has 4 rings (SSSR count). The minimum absolute atomic E-state index is 0.197. The average Bonchev–Trinajstić information content (AvgIpc) is 2.83. The molecular weight excluding hydrogens is 407 g/mol. The fourth-order valence-corrected chi connectivity index (χ4v) is 3.05. The van der Waals surface area contributed by atoms with Crippen LogP contribution in [0, 0.1) is 5.82 Å². The number of hydrogen-bond acceptors (Lipinski definition) is 4. The number of halogens is 1. The van der Waals surface area contributed by atoms with Gasteiger partial charge in [0, 0.05) is 36.0 Å². The van der Waals surface area contributed by atoms with Crippen molar-refractivity contribution in [3.8, 4) is 17.4 Å². The van der Waals surface area contributed by atoms with E-state index in [1.807, 2.05) is 48.5 Å². The third-order valence-corrected chi connectivity index (χ3v) is 4.67. The summed E-state index contributed by atoms with van der Waals surface area (Å²) in [6.07, 6.45) is 1.61. The van der Waals surface area contributed by atoms with E-state index in [0.717, 1.165) is 16.9 Å². The van der Waals surface area contributed by atoms with E-state index in [-0.39, 0.29) is 11.7 Å². The molecule has 0 atom stereocenters. The molecule has 0 unspecified atom stereocenters. The van der Waals surface area contributed by atoms with E-state index in [9.17, 15) is 9.18 Å². The first-order chi connectivity index (χ1) is 15.7. The molecule has 3 aromatic carbocycles. The van der Waals surface area contributed by atoms with E-state index in [4.69, 9.17) is 9.47 Å². The van der Waals surface area contributed by atoms with Crippen molar-refractivity contribution < 1.29 is 18.7 Å². The highest BCUT2D eigenvalue weighted by molar-refractivity contribution is 5.95. The van der Waals surface area contributed by atoms with Gasteiger partial charge in [0.25, 0.3) is 5.91 Å². The molecule has 1 N–H and O–H groups in total. The summed E-state index contributed by atoms with van der Waals surface area (Å²) in [4.78, 5) is 17.0. The SMILES string of the molecule is O=C(NCc1ccc(Oc2cccc(F)c2)nc1)c1ccccc1COc1ccccc1. The normalized spacial score (nSPS) is 10.4. The third kappa shape index (κ3) is 5.70. The van der Waals surface area contributed by atoms with Gasteiger partial charge in [0.1, 0.15) is 23.9 Å². The Balaban J connectivity index is 1.34. The Morgan fingerprint density at radius 3 is 2.44 bits per heavy atom. The van der Waals surface area contributed by atoms with Gasteiger partial charge in [-0.15, -0.1) is 0 Å². The maximum absolute atomic E-state index is 13.3. The van der Waals surface area contributed by atoms with Crippen molar-refractivity contribution in [3.05, 3.63) is 120 Å². The Bertz CT molecular complexity index is 1180. The topological polar surface area (TPSA) is 60.5 Å². The van der Waals surface area contributed by atoms with Gasteiger partial charge in [-0.25, -0.2) is 9.37 Å². The molecule has 0 fully saturated rings. The van der Waals surface area contributed by atoms with E-state index in [2.05, 4.69) is 10.3 Å². The Hall–Kier alpha value is -4.19. The minimum atomic E-state index is -0.378. The Labute approximate surface area is 185 Å². The zero-order valence-corrected chi connectivity index (χ0v) is 17.2. The lowest BCUT2D eigenvalue weighted by molar-refractivity contribution is 0.0948. The Kier molecular flexibility index (Phi) is 6.72. The number of hydrogen-bond donors (Lipinski definition) is 1. The first kappa shape index (κ1) is 21.1. The van der Waals surface area contributed by atoms with Crippen molar-refractivity contribution in [3.63, 3.8) is 0 Å². The van der Waals surface area contributed by atoms with Crippen LogP contribution in [0.1, 0.15) is 21.5 Å². The molecule has 0 aliphatic heterocycles. The number of pyridine rings is 1. The van der Waals surface area contributed by atoms with Gasteiger partial charge in [0.05, 0.1) is 0 Å². The highest BCUT2D eigenvalue weighted by Crippen LogP contribution is 2.20. The molecular formula is C26H21FN2O3. The van der Waals surface area contributed by atoms with Crippen LogP contribution in [0.15, 0.2) is 97.2 Å². The Morgan fingerprint density at radius 1 is 0.875 bits per heavy atom. The molecule has 4 aromatic rings. The van der Waals surface area contributed by atoms with Crippen LogP contribution >= 0.6 is 0 Å². The van der Waals surface area contributed by atoms with Gasteiger partial charge in [-0.2, -0.15) is 0 Å². The van der Waals surface area contributed by atoms with Crippen LogP contribution in [-0.4, -0.2) is 10.9 Å². The molecule has 0 saturated carbocycles. The maximum atomic E-state index is 13.3. The van der Waals surface area contributed by atoms with E-state index in [0.29, 0.717) is 30.3 Å². The molecule has 32 heavy (non-hydrogen) atoms. The molecule has 0 spiro atoms. The first-order valence-corrected chi connectivity index (χ1v) is 10.1. The van der Waals surface area contributed by atoms with Crippen LogP contribution in [-0.2, 0) is 13.2 Å². The third-order valence-electron chi connectivity index (χ3n) is 4.67. The van der Waals surface area contributed by atoms with E-state index in [1.165, 1.54) is 12.1 Å². The van der Waals surface area contributed by atoms with Crippen molar-refractivity contribution in [1.82, 2.24) is 10.3 Å². The van der Waals surface area contributed by atoms with Gasteiger partial charge in [0.2, 0.25) is 5.88 Å². The number of carbonyl (C=O) groups is 1. The molecule has 0 aliphatic carbocycles. The van der Waals surface area contributed by atoms with Crippen molar-refractivity contribution in [2.24, 2.45) is 0 Å². The van der Waals surface area contributed by atoms with Crippen LogP contribution in [0.25, 0.3) is 0 Å². The summed E-state index contributed by atoms with van der Waals surface area (Å²) in [5, 5.41) is 2.91. The molecule has 5 nitrogen and oxygen atoms in total. The second-order valence-electron chi connectivity index (χ2n) is 7.01. The number of nitrogens with zero attached hydrogens (tertiary/aromatic N) is 1. The van der Waals surface area contributed by atoms with Crippen LogP contribution < -0.4 is 14.8 Å². The number of nitrogens with one attached hydrogen (secondary N) is 1. The first-order valence-electron chi connectivity index (χ1n) is 10.1. The molecule has 0 bridgehead atoms. The number of rotatable bonds is 8. The molecule has 0 saturated heterocycles. The summed E-state index contributed by atoms with van der Waals surface area (Å²) in [7, 11) is 0. The van der Waals surface area contributed by atoms with Crippen molar-refractivity contribution in [2.75, 3.05) is 0 Å². The van der Waals surface area contributed by atoms with Crippen LogP contribution in [0.4, 0.5) is 4.39 Å². The van der Waals surface area contributed by atoms with E-state index >= 15 is 0 Å². The summed E-state index contributed by atoms with van der Waals surface area (Å²) >= 11 is 0. The zero-order valence-electron chi connectivity index (χ0n) is 17.2. The van der Waals surface area contributed by atoms with Crippen molar-refractivity contribution in [2.45, 2.75) is 13.2 Å². The lowest BCUT2D eigenvalue weighted by atomic mass is 10.1. The van der Waals surface area contributed by atoms with Crippen LogP contribution in [0.3, 0.4) is 0 Å². The molecule has 0 aliphatic rings. The quantitative estimate of drug-likeness (QED) is 0.401. The maximum Gasteiger partial charge on any atom is 0.251 e. The lowest BCUT2D eigenvalue weighted by Gasteiger charge is -2.12. The van der Waals surface area contributed by atoms with Gasteiger partial charge in [-0.3, -0.25) is 4.79 Å². The van der Waals surface area contributed by atoms with Gasteiger partial charge in [0.15, 0.2) is 0 Å². The second-order valence-corrected chi connectivity index (χ2v) is 7.01. The molecule has 1 aromatic heterocycles. The largest absolute Gasteiger partial charge is 0.489 e. The number of ether oxygens (including phenoxy) is 2. The molecule has 6 heteroatoms. The summed E-state index contributed by atoms with van der Waals surface area (Å²) in [5.41, 5.74) is 2.16. The number of carbonyl (C=O) groups excluding carboxylic acids is 1. The summed E-state index contributed by atoms with van der Waals surface area (Å²) in [5.74, 6) is 0.880. The van der Waals surface area contributed by atoms with Gasteiger partial charge < -0.3 is 14.8 Å². The summed E-state index contributed by atoms with van der Waals surface area (Å²) in [6, 6.07) is 26.1. The van der Waals surface area contributed by atoms with E-state index in [1.54, 1.807) is 36.5 Å². The van der Waals surface area contributed by atoms with Gasteiger partial charge in [-0.05, 0) is 35.9 Å². The number of para-hydroxylation sites is 1. The summed E-state index contributed by atoms with van der Waals surface area (Å²) in [6.45, 7) is 0.598. The minimum Gasteiger partial charge on any atom is -0.489 e. The van der Waals surface area contributed by atoms with Crippen molar-refractivity contribution in [1.29, 1.82) is 0 Å². The fraction of sp³-hybridized carbons (Fsp3) is 0.0769. The van der Waals surface area contributed by atoms with Crippen molar-refractivity contribution >= 4 is 5.91 Å². The standard InChI is InChI=1S/C26H21FN2O3/c27-21-8-6-11-23(15-21)32-25-14-13-19(16-28-25)17-29-26(30)24-12-5-4-7-20(24)18-31-22-9-2-1-3-10-22/h1-16H,17-18H2,(H,29,30). The van der Waals surface area contributed by atoms with E-state index < -0.39 is 0 Å². The van der Waals surface area contributed by atoms with Crippen LogP contribution in [0.2, 0.25) is 0 Å². The molecule has 160 valence electrons. The second kappa shape index (κ2) is 10.2. The number of aromatic nitrogens is 1. The fourth-order valence-electron chi connectivity index (χ4n) is 3.05. The summed E-state index contributed by atoms with van der Waals surface area (Å²) < 4.78 is 24.6. The zero-order chi connectivity index (χ0) is 22.2. The predicted molar refractivity (Wildman–Crippen MR) is 119 cm³/mol. The Morgan fingerprint density at radius 2 is 1.66 bits per heavy atom. The highest BCUT2D eigenvalue weighted by atomic mass is 19.1. The number of amides is 1. The lowest BCUT2D eigenvalue weighted by Crippen LogP contribution is -2.24. The predicted octanol–water partition coefficient (Wildman–Crippen LogP) is 5.52. The average molecular weight is 428 g/mol. The van der Waals surface area contributed by atoms with Crippen LogP contribution in [0.5, 0.6) is 17.4 Å².